The Morgan fingerprint density at radius 2 is 1.54 bits per heavy atom. The molecule has 0 atom stereocenters. The number of carbonyl (C=O) groups excluding carboxylic acids is 2. The Balaban J connectivity index is 1.96. The van der Waals surface area contributed by atoms with Gasteiger partial charge in [-0.25, -0.2) is 0 Å². The van der Waals surface area contributed by atoms with Crippen LogP contribution in [-0.4, -0.2) is 33.1 Å². The van der Waals surface area contributed by atoms with Crippen molar-refractivity contribution >= 4 is 17.9 Å². The van der Waals surface area contributed by atoms with Crippen LogP contribution in [0.4, 0.5) is 0 Å². The molecule has 136 valence electrons. The van der Waals surface area contributed by atoms with Gasteiger partial charge < -0.3 is 14.2 Å². The molecular weight excluding hydrogens is 336 g/mol. The van der Waals surface area contributed by atoms with Gasteiger partial charge in [-0.3, -0.25) is 20.4 Å². The molecule has 0 aliphatic carbocycles. The van der Waals surface area contributed by atoms with Gasteiger partial charge in [0.15, 0.2) is 11.5 Å². The van der Waals surface area contributed by atoms with Gasteiger partial charge >= 0.3 is 0 Å². The Bertz CT molecular complexity index is 817. The van der Waals surface area contributed by atoms with Crippen molar-refractivity contribution in [2.24, 2.45) is 0 Å². The third-order valence-electron chi connectivity index (χ3n) is 3.49. The van der Waals surface area contributed by atoms with Crippen LogP contribution in [0.1, 0.15) is 15.9 Å². The van der Waals surface area contributed by atoms with Gasteiger partial charge in [0, 0.05) is 6.08 Å². The lowest BCUT2D eigenvalue weighted by Gasteiger charge is -2.09. The number of benzene rings is 2. The molecule has 0 saturated heterocycles. The SMILES string of the molecule is COc1ccc(C=CC(=O)NNC(=O)c2ccccc2OC)cc1OC. The topological polar surface area (TPSA) is 85.9 Å². The Labute approximate surface area is 151 Å². The average molecular weight is 356 g/mol. The summed E-state index contributed by atoms with van der Waals surface area (Å²) in [6, 6.07) is 12.0. The minimum Gasteiger partial charge on any atom is -0.496 e. The zero-order chi connectivity index (χ0) is 18.9. The summed E-state index contributed by atoms with van der Waals surface area (Å²) in [6.07, 6.45) is 2.89. The van der Waals surface area contributed by atoms with E-state index in [9.17, 15) is 9.59 Å². The summed E-state index contributed by atoms with van der Waals surface area (Å²) in [6.45, 7) is 0. The Kier molecular flexibility index (Phi) is 6.61. The van der Waals surface area contributed by atoms with Gasteiger partial charge in [-0.2, -0.15) is 0 Å². The Hall–Kier alpha value is -3.48. The molecule has 0 fully saturated rings. The van der Waals surface area contributed by atoms with Gasteiger partial charge in [-0.1, -0.05) is 18.2 Å². The Morgan fingerprint density at radius 1 is 0.846 bits per heavy atom. The number of carbonyl (C=O) groups is 2. The van der Waals surface area contributed by atoms with Crippen molar-refractivity contribution in [2.45, 2.75) is 0 Å². The third kappa shape index (κ3) is 4.76. The first-order chi connectivity index (χ1) is 12.6. The minimum atomic E-state index is -0.483. The van der Waals surface area contributed by atoms with E-state index in [2.05, 4.69) is 10.9 Å². The zero-order valence-corrected chi connectivity index (χ0v) is 14.7. The van der Waals surface area contributed by atoms with Crippen molar-refractivity contribution in [3.63, 3.8) is 0 Å². The molecule has 2 rings (SSSR count). The monoisotopic (exact) mass is 356 g/mol. The molecule has 7 nitrogen and oxygen atoms in total. The fourth-order valence-electron chi connectivity index (χ4n) is 2.19. The summed E-state index contributed by atoms with van der Waals surface area (Å²) in [7, 11) is 4.55. The maximum Gasteiger partial charge on any atom is 0.273 e. The average Bonchev–Trinajstić information content (AvgIpc) is 2.69. The van der Waals surface area contributed by atoms with Gasteiger partial charge in [0.05, 0.1) is 26.9 Å². The summed E-state index contributed by atoms with van der Waals surface area (Å²) >= 11 is 0. The van der Waals surface area contributed by atoms with Crippen LogP contribution in [-0.2, 0) is 4.79 Å². The fraction of sp³-hybridized carbons (Fsp3) is 0.158. The zero-order valence-electron chi connectivity index (χ0n) is 14.7. The number of rotatable bonds is 6. The molecule has 0 aliphatic heterocycles. The number of hydrazine groups is 1. The molecule has 0 radical (unpaired) electrons. The van der Waals surface area contributed by atoms with Crippen molar-refractivity contribution < 1.29 is 23.8 Å². The summed E-state index contributed by atoms with van der Waals surface area (Å²) < 4.78 is 15.5. The number of hydrogen-bond donors (Lipinski definition) is 2. The molecule has 0 bridgehead atoms. The second-order valence-electron chi connectivity index (χ2n) is 5.09. The smallest absolute Gasteiger partial charge is 0.273 e. The lowest BCUT2D eigenvalue weighted by molar-refractivity contribution is -0.117. The first-order valence-electron chi connectivity index (χ1n) is 7.72. The van der Waals surface area contributed by atoms with Crippen LogP contribution in [0.2, 0.25) is 0 Å². The molecule has 2 aromatic rings. The lowest BCUT2D eigenvalue weighted by Crippen LogP contribution is -2.40. The molecule has 0 heterocycles. The molecule has 0 unspecified atom stereocenters. The van der Waals surface area contributed by atoms with E-state index in [1.807, 2.05) is 0 Å². The molecule has 0 aliphatic rings. The van der Waals surface area contributed by atoms with Crippen LogP contribution >= 0.6 is 0 Å². The molecule has 2 N–H and O–H groups in total. The van der Waals surface area contributed by atoms with Crippen LogP contribution in [0.25, 0.3) is 6.08 Å². The van der Waals surface area contributed by atoms with Crippen molar-refractivity contribution in [3.8, 4) is 17.2 Å². The van der Waals surface area contributed by atoms with Crippen LogP contribution in [0.5, 0.6) is 17.2 Å². The molecular formula is C19H20N2O5. The number of para-hydroxylation sites is 1. The highest BCUT2D eigenvalue weighted by Crippen LogP contribution is 2.27. The number of nitrogens with one attached hydrogen (secondary N) is 2. The normalized spacial score (nSPS) is 10.3. The van der Waals surface area contributed by atoms with E-state index in [-0.39, 0.29) is 0 Å². The Morgan fingerprint density at radius 3 is 2.23 bits per heavy atom. The first-order valence-corrected chi connectivity index (χ1v) is 7.72. The van der Waals surface area contributed by atoms with E-state index in [1.54, 1.807) is 55.7 Å². The molecule has 0 spiro atoms. The van der Waals surface area contributed by atoms with Crippen molar-refractivity contribution in [3.05, 3.63) is 59.7 Å². The highest BCUT2D eigenvalue weighted by atomic mass is 16.5. The van der Waals surface area contributed by atoms with E-state index in [4.69, 9.17) is 14.2 Å². The standard InChI is InChI=1S/C19H20N2O5/c1-24-15-7-5-4-6-14(15)19(23)21-20-18(22)11-9-13-8-10-16(25-2)17(12-13)26-3/h4-12H,1-3H3,(H,20,22)(H,21,23). The number of methoxy groups -OCH3 is 3. The number of ether oxygens (including phenoxy) is 3. The summed E-state index contributed by atoms with van der Waals surface area (Å²) in [5, 5.41) is 0. The van der Waals surface area contributed by atoms with Crippen molar-refractivity contribution in [2.75, 3.05) is 21.3 Å². The predicted molar refractivity (Wildman–Crippen MR) is 97.2 cm³/mol. The molecule has 26 heavy (non-hydrogen) atoms. The van der Waals surface area contributed by atoms with Gasteiger partial charge in [0.2, 0.25) is 0 Å². The molecule has 0 saturated carbocycles. The second kappa shape index (κ2) is 9.12. The molecule has 0 aromatic heterocycles. The van der Waals surface area contributed by atoms with E-state index in [1.165, 1.54) is 20.3 Å². The van der Waals surface area contributed by atoms with Crippen molar-refractivity contribution in [1.29, 1.82) is 0 Å². The van der Waals surface area contributed by atoms with Crippen LogP contribution in [0.3, 0.4) is 0 Å². The second-order valence-corrected chi connectivity index (χ2v) is 5.09. The van der Waals surface area contributed by atoms with Crippen LogP contribution < -0.4 is 25.1 Å². The highest BCUT2D eigenvalue weighted by molar-refractivity contribution is 5.99. The number of amides is 2. The fourth-order valence-corrected chi connectivity index (χ4v) is 2.19. The summed E-state index contributed by atoms with van der Waals surface area (Å²) in [5.74, 6) is 0.608. The quantitative estimate of drug-likeness (QED) is 0.612. The predicted octanol–water partition coefficient (Wildman–Crippen LogP) is 2.19. The third-order valence-corrected chi connectivity index (χ3v) is 3.49. The molecule has 2 aromatic carbocycles. The largest absolute Gasteiger partial charge is 0.496 e. The first kappa shape index (κ1) is 18.9. The highest BCUT2D eigenvalue weighted by Gasteiger charge is 2.11. The van der Waals surface area contributed by atoms with Crippen LogP contribution in [0, 0.1) is 0 Å². The minimum absolute atomic E-state index is 0.319. The van der Waals surface area contributed by atoms with E-state index < -0.39 is 11.8 Å². The van der Waals surface area contributed by atoms with Crippen molar-refractivity contribution in [1.82, 2.24) is 10.9 Å². The maximum atomic E-state index is 12.1. The lowest BCUT2D eigenvalue weighted by atomic mass is 10.2. The van der Waals surface area contributed by atoms with E-state index in [0.29, 0.717) is 22.8 Å². The van der Waals surface area contributed by atoms with E-state index >= 15 is 0 Å². The number of hydrogen-bond acceptors (Lipinski definition) is 5. The maximum absolute atomic E-state index is 12.1. The van der Waals surface area contributed by atoms with Gasteiger partial charge in [-0.15, -0.1) is 0 Å². The summed E-state index contributed by atoms with van der Waals surface area (Å²) in [5.41, 5.74) is 5.72. The van der Waals surface area contributed by atoms with Gasteiger partial charge in [0.1, 0.15) is 5.75 Å². The van der Waals surface area contributed by atoms with Gasteiger partial charge in [-0.05, 0) is 35.9 Å². The van der Waals surface area contributed by atoms with Gasteiger partial charge in [0.25, 0.3) is 11.8 Å². The van der Waals surface area contributed by atoms with E-state index in [0.717, 1.165) is 5.56 Å². The van der Waals surface area contributed by atoms with Crippen LogP contribution in [0.15, 0.2) is 48.5 Å². The summed E-state index contributed by atoms with van der Waals surface area (Å²) in [4.78, 5) is 24.0. The molecule has 2 amide bonds. The molecule has 7 heteroatoms.